The Morgan fingerprint density at radius 2 is 1.14 bits per heavy atom. The van der Waals surface area contributed by atoms with Gasteiger partial charge in [0.25, 0.3) is 20.2 Å². The molecule has 31 heteroatoms. The molecule has 0 aliphatic rings. The number of hydrogen-bond donors (Lipinski definition) is 6. The highest BCUT2D eigenvalue weighted by Crippen LogP contribution is 2.46. The minimum atomic E-state index is -5.31. The number of methoxy groups -OCH3 is 1. The van der Waals surface area contributed by atoms with Crippen LogP contribution in [0.2, 0.25) is 0 Å². The molecule has 0 saturated heterocycles. The van der Waals surface area contributed by atoms with E-state index in [0.717, 1.165) is 49.6 Å². The van der Waals surface area contributed by atoms with Crippen LogP contribution in [0.3, 0.4) is 0 Å². The number of phenols is 1. The number of phenolic OH excluding ortho intramolecular Hbond substituents is 1. The van der Waals surface area contributed by atoms with Gasteiger partial charge < -0.3 is 15.6 Å². The monoisotopic (exact) mass is 947 g/mol. The summed E-state index contributed by atoms with van der Waals surface area (Å²) in [5.74, 6) is -3.21. The largest absolute Gasteiger partial charge is 0.505 e. The first-order valence-electron chi connectivity index (χ1n) is 15.3. The minimum Gasteiger partial charge on any atom is -0.505 e. The topological polar surface area (TPSA) is 409 Å². The third-order valence-electron chi connectivity index (χ3n) is 7.58. The number of benzene rings is 4. The van der Waals surface area contributed by atoms with E-state index in [4.69, 9.17) is 19.6 Å². The molecule has 0 saturated carbocycles. The molecule has 0 aliphatic carbocycles. The van der Waals surface area contributed by atoms with Gasteiger partial charge in [-0.05, 0) is 55.0 Å². The van der Waals surface area contributed by atoms with Crippen molar-refractivity contribution in [1.82, 2.24) is 0 Å². The lowest BCUT2D eigenvalue weighted by Gasteiger charge is -2.13. The fraction of sp³-hybridized carbons (Fsp3) is 0.214. The lowest BCUT2D eigenvalue weighted by atomic mass is 10.1. The van der Waals surface area contributed by atoms with Crippen molar-refractivity contribution in [2.45, 2.75) is 26.5 Å². The number of aromatic hydroxyl groups is 1. The minimum absolute atomic E-state index is 0.00600. The van der Waals surface area contributed by atoms with Crippen LogP contribution in [0, 0.1) is 6.92 Å². The lowest BCUT2D eigenvalue weighted by Crippen LogP contribution is -2.16. The van der Waals surface area contributed by atoms with Crippen LogP contribution in [-0.4, -0.2) is 106 Å². The molecule has 322 valence electrons. The van der Waals surface area contributed by atoms with Gasteiger partial charge in [-0.15, -0.1) is 20.5 Å². The summed E-state index contributed by atoms with van der Waals surface area (Å²) in [4.78, 5) is -3.39. The number of nitrogens with two attached hydrogens (primary N) is 1. The number of nitrogen functional groups attached to an aromatic ring is 1. The smallest absolute Gasteiger partial charge is 0.397 e. The van der Waals surface area contributed by atoms with Gasteiger partial charge in [0.05, 0.1) is 47.3 Å². The summed E-state index contributed by atoms with van der Waals surface area (Å²) in [6.07, 6.45) is 0. The van der Waals surface area contributed by atoms with E-state index in [0.29, 0.717) is 6.07 Å². The first-order chi connectivity index (χ1) is 26.9. The first kappa shape index (κ1) is 46.9. The van der Waals surface area contributed by atoms with E-state index in [1.807, 2.05) is 0 Å². The number of anilines is 1. The number of aryl methyl sites for hydroxylation is 1. The number of fused-ring (bicyclic) bond motifs is 1. The lowest BCUT2D eigenvalue weighted by molar-refractivity contribution is 0.282. The molecule has 0 aromatic heterocycles. The normalized spacial score (nSPS) is 13.5. The second-order valence-electron chi connectivity index (χ2n) is 11.6. The summed E-state index contributed by atoms with van der Waals surface area (Å²) >= 11 is 0. The van der Waals surface area contributed by atoms with E-state index < -0.39 is 123 Å². The highest BCUT2D eigenvalue weighted by molar-refractivity contribution is 7.92. The zero-order valence-electron chi connectivity index (χ0n) is 29.6. The molecule has 0 aliphatic heterocycles. The number of azo groups is 2. The van der Waals surface area contributed by atoms with Crippen molar-refractivity contribution in [2.24, 2.45) is 20.5 Å². The van der Waals surface area contributed by atoms with Crippen molar-refractivity contribution >= 4 is 99.9 Å². The first-order valence-corrected chi connectivity index (χ1v) is 24.2. The molecule has 0 amide bonds. The predicted molar refractivity (Wildman–Crippen MR) is 201 cm³/mol. The Kier molecular flexibility index (Phi) is 13.6. The molecular weight excluding hydrogens is 919 g/mol. The van der Waals surface area contributed by atoms with Gasteiger partial charge in [-0.25, -0.2) is 25.2 Å². The predicted octanol–water partition coefficient (Wildman–Crippen LogP) is 2.96. The van der Waals surface area contributed by atoms with Crippen LogP contribution < -0.4 is 10.5 Å². The van der Waals surface area contributed by atoms with Crippen LogP contribution in [0.1, 0.15) is 5.56 Å². The molecule has 0 heterocycles. The molecule has 4 aromatic carbocycles. The number of sulfone groups is 2. The fourth-order valence-electron chi connectivity index (χ4n) is 4.97. The maximum absolute atomic E-state index is 12.9. The van der Waals surface area contributed by atoms with E-state index in [2.05, 4.69) is 28.8 Å². The van der Waals surface area contributed by atoms with Crippen LogP contribution in [0.4, 0.5) is 28.4 Å². The van der Waals surface area contributed by atoms with E-state index in [9.17, 15) is 64.7 Å². The van der Waals surface area contributed by atoms with E-state index in [1.54, 1.807) is 0 Å². The van der Waals surface area contributed by atoms with E-state index in [1.165, 1.54) is 6.92 Å². The molecule has 4 rings (SSSR count). The highest BCUT2D eigenvalue weighted by atomic mass is 32.3. The van der Waals surface area contributed by atoms with Crippen molar-refractivity contribution in [3.8, 4) is 11.5 Å². The van der Waals surface area contributed by atoms with Crippen molar-refractivity contribution in [3.63, 3.8) is 0 Å². The van der Waals surface area contributed by atoms with Crippen molar-refractivity contribution in [3.05, 3.63) is 54.1 Å². The Balaban J connectivity index is 1.82. The summed E-state index contributed by atoms with van der Waals surface area (Å²) < 4.78 is 195. The molecule has 4 aromatic rings. The molecule has 0 spiro atoms. The Bertz CT molecular complexity index is 3100. The Morgan fingerprint density at radius 3 is 1.68 bits per heavy atom. The average Bonchev–Trinajstić information content (AvgIpc) is 3.08. The Labute approximate surface area is 335 Å². The van der Waals surface area contributed by atoms with Crippen LogP contribution in [0.25, 0.3) is 10.8 Å². The fourth-order valence-corrected chi connectivity index (χ4v) is 9.61. The number of hydrogen-bond acceptors (Lipinski definition) is 21. The van der Waals surface area contributed by atoms with Gasteiger partial charge >= 0.3 is 20.8 Å². The molecule has 0 radical (unpaired) electrons. The molecule has 7 N–H and O–H groups in total. The van der Waals surface area contributed by atoms with Gasteiger partial charge in [-0.3, -0.25) is 18.2 Å². The van der Waals surface area contributed by atoms with Crippen LogP contribution in [-0.2, 0) is 69.1 Å². The molecule has 0 fully saturated rings. The standard InChI is InChI=1S/C28H29N5O20S6/c1-15-11-21(22(51-2)14-23(15)55(37,38)10-8-53-59(48,49)50)31-33-27-25(57(42,43)44)13-18-17(28(27)34)4-5-19(29)26(18)32-30-20-6-3-16(12-24(20)56(39,40)41)54(35,36)9-7-52-58(45,46)47/h3-6,11-14,34H,7-10,29H2,1-2H3,(H,39,40,41)(H,42,43,44)(H,45,46,47)(H,48,49,50). The summed E-state index contributed by atoms with van der Waals surface area (Å²) in [5, 5.41) is 25.8. The SMILES string of the molecule is COc1cc(S(=O)(=O)CCOS(=O)(=O)O)c(C)cc1N=Nc1c(S(=O)(=O)O)cc2c(N=Nc3ccc(S(=O)(=O)CCOS(=O)(=O)O)cc3S(=O)(=O)O)c(N)ccc2c1O. The summed E-state index contributed by atoms with van der Waals surface area (Å²) in [5.41, 5.74) is 3.44. The van der Waals surface area contributed by atoms with Gasteiger partial charge in [0.2, 0.25) is 0 Å². The maximum atomic E-state index is 12.9. The second-order valence-corrected chi connectivity index (χ2v) is 20.7. The summed E-state index contributed by atoms with van der Waals surface area (Å²) in [6, 6.07) is 7.10. The Hall–Kier alpha value is -4.80. The van der Waals surface area contributed by atoms with E-state index in [-0.39, 0.29) is 38.4 Å². The van der Waals surface area contributed by atoms with Crippen molar-refractivity contribution in [2.75, 3.05) is 37.6 Å². The average molecular weight is 948 g/mol. The molecule has 0 atom stereocenters. The van der Waals surface area contributed by atoms with Crippen LogP contribution in [0.15, 0.2) is 88.6 Å². The number of ether oxygens (including phenoxy) is 1. The summed E-state index contributed by atoms with van der Waals surface area (Å²) in [6.45, 7) is -0.706. The number of rotatable bonds is 17. The highest BCUT2D eigenvalue weighted by Gasteiger charge is 2.27. The molecular formula is C28H29N5O20S6. The van der Waals surface area contributed by atoms with Gasteiger partial charge in [-0.2, -0.15) is 33.7 Å². The van der Waals surface area contributed by atoms with Crippen LogP contribution in [0.5, 0.6) is 11.5 Å². The molecule has 59 heavy (non-hydrogen) atoms. The molecule has 0 bridgehead atoms. The molecule has 25 nitrogen and oxygen atoms in total. The van der Waals surface area contributed by atoms with Gasteiger partial charge in [-0.1, -0.05) is 0 Å². The quantitative estimate of drug-likeness (QED) is 0.0503. The zero-order chi connectivity index (χ0) is 44.5. The summed E-state index contributed by atoms with van der Waals surface area (Å²) in [7, 11) is -28.2. The van der Waals surface area contributed by atoms with Crippen molar-refractivity contribution < 1.29 is 86.9 Å². The number of nitrogens with zero attached hydrogens (tertiary/aromatic N) is 4. The Morgan fingerprint density at radius 1 is 0.593 bits per heavy atom. The second kappa shape index (κ2) is 17.1. The van der Waals surface area contributed by atoms with Crippen molar-refractivity contribution in [1.29, 1.82) is 0 Å². The van der Waals surface area contributed by atoms with Gasteiger partial charge in [0.1, 0.15) is 38.3 Å². The maximum Gasteiger partial charge on any atom is 0.397 e. The van der Waals surface area contributed by atoms with E-state index >= 15 is 0 Å². The third-order valence-corrected chi connectivity index (χ3v) is 13.7. The third kappa shape index (κ3) is 11.7. The van der Waals surface area contributed by atoms with Gasteiger partial charge in [0, 0.05) is 16.8 Å². The molecule has 0 unspecified atom stereocenters. The zero-order valence-corrected chi connectivity index (χ0v) is 34.5. The van der Waals surface area contributed by atoms with Gasteiger partial charge in [0.15, 0.2) is 25.4 Å². The van der Waals surface area contributed by atoms with Crippen LogP contribution >= 0.6 is 0 Å².